The number of aromatic nitrogens is 2. The second kappa shape index (κ2) is 5.82. The highest BCUT2D eigenvalue weighted by molar-refractivity contribution is 9.10. The molecule has 1 aromatic heterocycles. The molecule has 2 aromatic rings. The Labute approximate surface area is 131 Å². The minimum atomic E-state index is -1.28. The van der Waals surface area contributed by atoms with Gasteiger partial charge in [-0.1, -0.05) is 23.2 Å². The van der Waals surface area contributed by atoms with E-state index in [1.54, 1.807) is 6.07 Å². The van der Waals surface area contributed by atoms with Gasteiger partial charge in [0.1, 0.15) is 0 Å². The van der Waals surface area contributed by atoms with E-state index in [9.17, 15) is 9.59 Å². The molecule has 1 amide bonds. The summed E-state index contributed by atoms with van der Waals surface area (Å²) in [6, 6.07) is 3.13. The molecule has 104 valence electrons. The largest absolute Gasteiger partial charge is 0.477 e. The number of H-pyrrole nitrogens is 1. The molecule has 0 atom stereocenters. The molecular formula is C11H6BrCl2N3O3. The number of carbonyl (C=O) groups excluding carboxylic acids is 1. The molecule has 20 heavy (non-hydrogen) atoms. The number of carboxylic acids is 1. The molecule has 3 N–H and O–H groups in total. The Bertz CT molecular complexity index is 702. The second-order valence-corrected chi connectivity index (χ2v) is 5.22. The maximum atomic E-state index is 12.0. The number of rotatable bonds is 3. The smallest absolute Gasteiger partial charge is 0.354 e. The zero-order valence-corrected chi connectivity index (χ0v) is 12.7. The fraction of sp³-hybridized carbons (Fsp3) is 0. The predicted molar refractivity (Wildman–Crippen MR) is 77.7 cm³/mol. The topological polar surface area (TPSA) is 95.1 Å². The van der Waals surface area contributed by atoms with Crippen LogP contribution in [0.1, 0.15) is 21.0 Å². The summed E-state index contributed by atoms with van der Waals surface area (Å²) in [6.07, 6.45) is 1.12. The van der Waals surface area contributed by atoms with Crippen molar-refractivity contribution >= 4 is 56.7 Å². The molecule has 2 rings (SSSR count). The number of imidazole rings is 1. The number of carboxylic acid groups (broad SMARTS) is 1. The number of carbonyl (C=O) groups is 2. The number of hydrogen-bond acceptors (Lipinski definition) is 3. The summed E-state index contributed by atoms with van der Waals surface area (Å²) in [6.45, 7) is 0. The molecule has 0 fully saturated rings. The highest BCUT2D eigenvalue weighted by Gasteiger charge is 2.21. The van der Waals surface area contributed by atoms with Crippen LogP contribution in [0.3, 0.4) is 0 Å². The highest BCUT2D eigenvalue weighted by atomic mass is 79.9. The third-order valence-corrected chi connectivity index (χ3v) is 4.12. The lowest BCUT2D eigenvalue weighted by Crippen LogP contribution is -2.16. The lowest BCUT2D eigenvalue weighted by Gasteiger charge is -2.08. The van der Waals surface area contributed by atoms with Gasteiger partial charge in [-0.15, -0.1) is 0 Å². The first-order chi connectivity index (χ1) is 9.41. The van der Waals surface area contributed by atoms with Gasteiger partial charge >= 0.3 is 5.97 Å². The Hall–Kier alpha value is -1.57. The van der Waals surface area contributed by atoms with Gasteiger partial charge in [0.15, 0.2) is 11.4 Å². The van der Waals surface area contributed by atoms with Crippen LogP contribution >= 0.6 is 39.1 Å². The molecule has 0 aliphatic carbocycles. The van der Waals surface area contributed by atoms with E-state index in [0.717, 1.165) is 6.33 Å². The number of hydrogen-bond donors (Lipinski definition) is 3. The van der Waals surface area contributed by atoms with Crippen LogP contribution in [0.5, 0.6) is 0 Å². The minimum absolute atomic E-state index is 0.141. The van der Waals surface area contributed by atoms with Gasteiger partial charge in [-0.05, 0) is 28.1 Å². The highest BCUT2D eigenvalue weighted by Crippen LogP contribution is 2.35. The van der Waals surface area contributed by atoms with Crippen LogP contribution in [0.2, 0.25) is 10.0 Å². The van der Waals surface area contributed by atoms with Crippen molar-refractivity contribution in [2.24, 2.45) is 0 Å². The van der Waals surface area contributed by atoms with E-state index in [-0.39, 0.29) is 27.1 Å². The summed E-state index contributed by atoms with van der Waals surface area (Å²) < 4.78 is 0.577. The first-order valence-electron chi connectivity index (χ1n) is 5.13. The number of aromatic amines is 1. The Morgan fingerprint density at radius 1 is 1.30 bits per heavy atom. The van der Waals surface area contributed by atoms with E-state index in [2.05, 4.69) is 31.2 Å². The van der Waals surface area contributed by atoms with Crippen molar-refractivity contribution in [3.63, 3.8) is 0 Å². The van der Waals surface area contributed by atoms with Crippen LogP contribution in [0.4, 0.5) is 5.69 Å². The number of anilines is 1. The predicted octanol–water partition coefficient (Wildman–Crippen LogP) is 3.43. The molecule has 6 nitrogen and oxygen atoms in total. The molecule has 0 saturated carbocycles. The van der Waals surface area contributed by atoms with Gasteiger partial charge in [-0.3, -0.25) is 4.79 Å². The van der Waals surface area contributed by atoms with E-state index < -0.39 is 11.9 Å². The van der Waals surface area contributed by atoms with Crippen LogP contribution in [-0.2, 0) is 0 Å². The third-order valence-electron chi connectivity index (χ3n) is 2.35. The maximum absolute atomic E-state index is 12.0. The molecule has 0 bridgehead atoms. The van der Waals surface area contributed by atoms with Gasteiger partial charge in [0.25, 0.3) is 5.91 Å². The SMILES string of the molecule is O=C(Nc1ccc(Br)c(Cl)c1Cl)c1nc[nH]c1C(=O)O. The quantitative estimate of drug-likeness (QED) is 0.713. The van der Waals surface area contributed by atoms with Crippen molar-refractivity contribution in [1.82, 2.24) is 9.97 Å². The number of nitrogens with zero attached hydrogens (tertiary/aromatic N) is 1. The van der Waals surface area contributed by atoms with E-state index in [0.29, 0.717) is 4.47 Å². The average molecular weight is 379 g/mol. The van der Waals surface area contributed by atoms with Crippen molar-refractivity contribution in [2.75, 3.05) is 5.32 Å². The van der Waals surface area contributed by atoms with E-state index in [1.165, 1.54) is 6.07 Å². The molecule has 0 aliphatic heterocycles. The molecule has 0 saturated heterocycles. The minimum Gasteiger partial charge on any atom is -0.477 e. The van der Waals surface area contributed by atoms with Crippen molar-refractivity contribution < 1.29 is 14.7 Å². The fourth-order valence-electron chi connectivity index (χ4n) is 1.43. The van der Waals surface area contributed by atoms with Crippen molar-refractivity contribution in [1.29, 1.82) is 0 Å². The van der Waals surface area contributed by atoms with Crippen molar-refractivity contribution in [3.05, 3.63) is 44.4 Å². The van der Waals surface area contributed by atoms with Crippen molar-refractivity contribution in [2.45, 2.75) is 0 Å². The normalized spacial score (nSPS) is 10.3. The number of nitrogens with one attached hydrogen (secondary N) is 2. The summed E-state index contributed by atoms with van der Waals surface area (Å²) in [5.74, 6) is -1.99. The first-order valence-corrected chi connectivity index (χ1v) is 6.68. The lowest BCUT2D eigenvalue weighted by atomic mass is 10.2. The van der Waals surface area contributed by atoms with Gasteiger partial charge in [-0.2, -0.15) is 0 Å². The number of halogens is 3. The molecule has 1 aromatic carbocycles. The van der Waals surface area contributed by atoms with E-state index >= 15 is 0 Å². The number of aromatic carboxylic acids is 1. The van der Waals surface area contributed by atoms with Gasteiger partial charge in [0.05, 0.1) is 22.1 Å². The molecule has 0 aliphatic rings. The monoisotopic (exact) mass is 377 g/mol. The van der Waals surface area contributed by atoms with Crippen LogP contribution in [0, 0.1) is 0 Å². The Balaban J connectivity index is 2.31. The van der Waals surface area contributed by atoms with Crippen molar-refractivity contribution in [3.8, 4) is 0 Å². The van der Waals surface area contributed by atoms with E-state index in [1.807, 2.05) is 0 Å². The Morgan fingerprint density at radius 3 is 2.65 bits per heavy atom. The summed E-state index contributed by atoms with van der Waals surface area (Å²) in [5, 5.41) is 11.7. The molecule has 0 radical (unpaired) electrons. The van der Waals surface area contributed by atoms with Gasteiger partial charge in [0.2, 0.25) is 0 Å². The Morgan fingerprint density at radius 2 is 2.00 bits per heavy atom. The number of benzene rings is 1. The fourth-order valence-corrected chi connectivity index (χ4v) is 2.25. The maximum Gasteiger partial charge on any atom is 0.354 e. The molecular weight excluding hydrogens is 373 g/mol. The average Bonchev–Trinajstić information content (AvgIpc) is 2.89. The van der Waals surface area contributed by atoms with Gasteiger partial charge < -0.3 is 15.4 Å². The van der Waals surface area contributed by atoms with Crippen LogP contribution < -0.4 is 5.32 Å². The molecule has 1 heterocycles. The zero-order chi connectivity index (χ0) is 14.9. The van der Waals surface area contributed by atoms with Crippen LogP contribution in [-0.4, -0.2) is 27.0 Å². The zero-order valence-electron chi connectivity index (χ0n) is 9.58. The summed E-state index contributed by atoms with van der Waals surface area (Å²) in [4.78, 5) is 28.9. The first kappa shape index (κ1) is 14.8. The lowest BCUT2D eigenvalue weighted by molar-refractivity contribution is 0.0686. The summed E-state index contributed by atoms with van der Waals surface area (Å²) in [7, 11) is 0. The standard InChI is InChI=1S/C11H6BrCl2N3O3/c12-4-1-2-5(7(14)6(4)13)17-10(18)8-9(11(19)20)16-3-15-8/h1-3H,(H,15,16)(H,17,18)(H,19,20). The van der Waals surface area contributed by atoms with E-state index in [4.69, 9.17) is 28.3 Å². The number of amides is 1. The summed E-state index contributed by atoms with van der Waals surface area (Å²) >= 11 is 15.1. The second-order valence-electron chi connectivity index (χ2n) is 3.61. The van der Waals surface area contributed by atoms with Crippen LogP contribution in [0.25, 0.3) is 0 Å². The Kier molecular flexibility index (Phi) is 4.32. The van der Waals surface area contributed by atoms with Gasteiger partial charge in [-0.25, -0.2) is 9.78 Å². The van der Waals surface area contributed by atoms with Gasteiger partial charge in [0, 0.05) is 4.47 Å². The summed E-state index contributed by atoms with van der Waals surface area (Å²) in [5.41, 5.74) is -0.293. The molecule has 9 heteroatoms. The van der Waals surface area contributed by atoms with Crippen LogP contribution in [0.15, 0.2) is 22.9 Å². The molecule has 0 unspecified atom stereocenters. The molecule has 0 spiro atoms. The third kappa shape index (κ3) is 2.79.